The number of anilines is 1. The average Bonchev–Trinajstić information content (AvgIpc) is 2.72. The van der Waals surface area contributed by atoms with Gasteiger partial charge in [-0.3, -0.25) is 9.78 Å². The van der Waals surface area contributed by atoms with Gasteiger partial charge < -0.3 is 14.4 Å². The van der Waals surface area contributed by atoms with Crippen LogP contribution in [0, 0.1) is 0 Å². The van der Waals surface area contributed by atoms with Crippen molar-refractivity contribution in [2.75, 3.05) is 18.1 Å². The number of para-hydroxylation sites is 1. The molecule has 26 heavy (non-hydrogen) atoms. The fourth-order valence-corrected chi connectivity index (χ4v) is 2.89. The second-order valence-corrected chi connectivity index (χ2v) is 5.95. The van der Waals surface area contributed by atoms with Gasteiger partial charge in [-0.05, 0) is 42.0 Å². The molecule has 0 aliphatic carbocycles. The zero-order valence-electron chi connectivity index (χ0n) is 14.2. The Balaban J connectivity index is 1.68. The van der Waals surface area contributed by atoms with Crippen molar-refractivity contribution >= 4 is 11.6 Å². The highest BCUT2D eigenvalue weighted by atomic mass is 16.6. The van der Waals surface area contributed by atoms with Crippen LogP contribution in [0.25, 0.3) is 0 Å². The Bertz CT molecular complexity index is 898. The molecule has 0 saturated heterocycles. The highest BCUT2D eigenvalue weighted by molar-refractivity contribution is 6.06. The van der Waals surface area contributed by atoms with Gasteiger partial charge in [-0.1, -0.05) is 24.3 Å². The van der Waals surface area contributed by atoms with E-state index in [0.717, 1.165) is 11.3 Å². The molecule has 3 aromatic rings. The number of fused-ring (bicyclic) bond motifs is 1. The van der Waals surface area contributed by atoms with Gasteiger partial charge in [-0.2, -0.15) is 0 Å². The van der Waals surface area contributed by atoms with Crippen molar-refractivity contribution in [3.63, 3.8) is 0 Å². The number of benzene rings is 2. The summed E-state index contributed by atoms with van der Waals surface area (Å²) in [7, 11) is 0. The molecule has 0 atom stereocenters. The van der Waals surface area contributed by atoms with Gasteiger partial charge >= 0.3 is 0 Å². The molecule has 1 aliphatic rings. The summed E-state index contributed by atoms with van der Waals surface area (Å²) in [4.78, 5) is 19.1. The molecule has 0 bridgehead atoms. The first-order chi connectivity index (χ1) is 12.8. The van der Waals surface area contributed by atoms with E-state index in [2.05, 4.69) is 4.98 Å². The molecule has 4 rings (SSSR count). The predicted octanol–water partition coefficient (Wildman–Crippen LogP) is 3.70. The standard InChI is InChI=1S/C21H18N2O3/c24-21(17-8-9-19-20(13-17)26-12-11-25-19)23(18-6-2-1-3-7-18)15-16-5-4-10-22-14-16/h1-10,13-14H,11-12,15H2. The van der Waals surface area contributed by atoms with Gasteiger partial charge in [0.2, 0.25) is 0 Å². The Morgan fingerprint density at radius 2 is 1.77 bits per heavy atom. The molecule has 1 aliphatic heterocycles. The number of amides is 1. The van der Waals surface area contributed by atoms with Crippen LogP contribution in [-0.4, -0.2) is 24.1 Å². The van der Waals surface area contributed by atoms with Crippen molar-refractivity contribution in [1.29, 1.82) is 0 Å². The lowest BCUT2D eigenvalue weighted by atomic mass is 10.1. The van der Waals surface area contributed by atoms with Crippen molar-refractivity contribution in [3.05, 3.63) is 84.2 Å². The number of ether oxygens (including phenoxy) is 2. The summed E-state index contributed by atoms with van der Waals surface area (Å²) in [5.41, 5.74) is 2.35. The van der Waals surface area contributed by atoms with Crippen LogP contribution < -0.4 is 14.4 Å². The first kappa shape index (κ1) is 16.1. The number of carbonyl (C=O) groups is 1. The molecule has 1 aromatic heterocycles. The Morgan fingerprint density at radius 1 is 0.962 bits per heavy atom. The summed E-state index contributed by atoms with van der Waals surface area (Å²) >= 11 is 0. The van der Waals surface area contributed by atoms with Crippen molar-refractivity contribution in [1.82, 2.24) is 4.98 Å². The normalized spacial score (nSPS) is 12.5. The SMILES string of the molecule is O=C(c1ccc2c(c1)OCCO2)N(Cc1cccnc1)c1ccccc1. The van der Waals surface area contributed by atoms with Crippen molar-refractivity contribution < 1.29 is 14.3 Å². The summed E-state index contributed by atoms with van der Waals surface area (Å²) in [6.07, 6.45) is 3.49. The van der Waals surface area contributed by atoms with Crippen LogP contribution in [0.4, 0.5) is 5.69 Å². The molecule has 0 spiro atoms. The van der Waals surface area contributed by atoms with E-state index in [9.17, 15) is 4.79 Å². The van der Waals surface area contributed by atoms with Gasteiger partial charge in [0.05, 0.1) is 6.54 Å². The van der Waals surface area contributed by atoms with Gasteiger partial charge in [0.15, 0.2) is 11.5 Å². The van der Waals surface area contributed by atoms with Gasteiger partial charge in [-0.25, -0.2) is 0 Å². The highest BCUT2D eigenvalue weighted by Crippen LogP contribution is 2.32. The van der Waals surface area contributed by atoms with E-state index in [-0.39, 0.29) is 5.91 Å². The predicted molar refractivity (Wildman–Crippen MR) is 98.6 cm³/mol. The lowest BCUT2D eigenvalue weighted by molar-refractivity contribution is 0.0984. The van der Waals surface area contributed by atoms with Crippen molar-refractivity contribution in [2.24, 2.45) is 0 Å². The fourth-order valence-electron chi connectivity index (χ4n) is 2.89. The molecule has 1 amide bonds. The molecular formula is C21H18N2O3. The van der Waals surface area contributed by atoms with E-state index in [0.29, 0.717) is 36.8 Å². The second kappa shape index (κ2) is 7.27. The zero-order valence-corrected chi connectivity index (χ0v) is 14.2. The third-order valence-corrected chi connectivity index (χ3v) is 4.17. The van der Waals surface area contributed by atoms with Crippen LogP contribution in [0.5, 0.6) is 11.5 Å². The molecular weight excluding hydrogens is 328 g/mol. The number of rotatable bonds is 4. The number of hydrogen-bond acceptors (Lipinski definition) is 4. The fraction of sp³-hybridized carbons (Fsp3) is 0.143. The van der Waals surface area contributed by atoms with Gasteiger partial charge in [-0.15, -0.1) is 0 Å². The summed E-state index contributed by atoms with van der Waals surface area (Å²) in [6.45, 7) is 1.45. The summed E-state index contributed by atoms with van der Waals surface area (Å²) < 4.78 is 11.2. The van der Waals surface area contributed by atoms with Crippen LogP contribution in [-0.2, 0) is 6.54 Å². The Kier molecular flexibility index (Phi) is 4.51. The molecule has 130 valence electrons. The molecule has 5 nitrogen and oxygen atoms in total. The van der Waals surface area contributed by atoms with E-state index in [4.69, 9.17) is 9.47 Å². The smallest absolute Gasteiger partial charge is 0.258 e. The van der Waals surface area contributed by atoms with E-state index in [1.807, 2.05) is 42.5 Å². The Labute approximate surface area is 151 Å². The van der Waals surface area contributed by atoms with Gasteiger partial charge in [0.1, 0.15) is 13.2 Å². The maximum atomic E-state index is 13.2. The average molecular weight is 346 g/mol. The minimum absolute atomic E-state index is 0.1000. The van der Waals surface area contributed by atoms with Crippen LogP contribution >= 0.6 is 0 Å². The number of hydrogen-bond donors (Lipinski definition) is 0. The summed E-state index contributed by atoms with van der Waals surface area (Å²) in [6, 6.07) is 18.7. The van der Waals surface area contributed by atoms with Crippen LogP contribution in [0.1, 0.15) is 15.9 Å². The minimum Gasteiger partial charge on any atom is -0.486 e. The third-order valence-electron chi connectivity index (χ3n) is 4.17. The maximum Gasteiger partial charge on any atom is 0.258 e. The van der Waals surface area contributed by atoms with E-state index < -0.39 is 0 Å². The topological polar surface area (TPSA) is 51.7 Å². The molecule has 0 N–H and O–H groups in total. The quantitative estimate of drug-likeness (QED) is 0.723. The Hall–Kier alpha value is -3.34. The zero-order chi connectivity index (χ0) is 17.8. The summed E-state index contributed by atoms with van der Waals surface area (Å²) in [5, 5.41) is 0. The molecule has 0 saturated carbocycles. The summed E-state index contributed by atoms with van der Waals surface area (Å²) in [5.74, 6) is 1.18. The number of aromatic nitrogens is 1. The lowest BCUT2D eigenvalue weighted by Crippen LogP contribution is -2.30. The van der Waals surface area contributed by atoms with Crippen molar-refractivity contribution in [3.8, 4) is 11.5 Å². The van der Waals surface area contributed by atoms with E-state index in [1.54, 1.807) is 35.5 Å². The van der Waals surface area contributed by atoms with Crippen LogP contribution in [0.3, 0.4) is 0 Å². The highest BCUT2D eigenvalue weighted by Gasteiger charge is 2.21. The van der Waals surface area contributed by atoms with Gasteiger partial charge in [0, 0.05) is 23.6 Å². The molecule has 0 fully saturated rings. The van der Waals surface area contributed by atoms with E-state index in [1.165, 1.54) is 0 Å². The molecule has 0 unspecified atom stereocenters. The molecule has 0 radical (unpaired) electrons. The first-order valence-electron chi connectivity index (χ1n) is 8.47. The number of pyridine rings is 1. The Morgan fingerprint density at radius 3 is 2.54 bits per heavy atom. The third kappa shape index (κ3) is 3.37. The molecule has 5 heteroatoms. The van der Waals surface area contributed by atoms with Crippen molar-refractivity contribution in [2.45, 2.75) is 6.54 Å². The first-order valence-corrected chi connectivity index (χ1v) is 8.47. The minimum atomic E-state index is -0.1000. The van der Waals surface area contributed by atoms with E-state index >= 15 is 0 Å². The lowest BCUT2D eigenvalue weighted by Gasteiger charge is -2.24. The van der Waals surface area contributed by atoms with Crippen LogP contribution in [0.2, 0.25) is 0 Å². The number of carbonyl (C=O) groups excluding carboxylic acids is 1. The second-order valence-electron chi connectivity index (χ2n) is 5.95. The molecule has 2 heterocycles. The maximum absolute atomic E-state index is 13.2. The van der Waals surface area contributed by atoms with Crippen LogP contribution in [0.15, 0.2) is 73.1 Å². The largest absolute Gasteiger partial charge is 0.486 e. The number of nitrogens with zero attached hydrogens (tertiary/aromatic N) is 2. The monoisotopic (exact) mass is 346 g/mol. The molecule has 2 aromatic carbocycles. The van der Waals surface area contributed by atoms with Gasteiger partial charge in [0.25, 0.3) is 5.91 Å².